The van der Waals surface area contributed by atoms with Crippen molar-refractivity contribution in [3.63, 3.8) is 0 Å². The molecular formula is C16H27NOS. The number of aliphatic imine (C=N–C) groups is 1. The first kappa shape index (κ1) is 16.5. The van der Waals surface area contributed by atoms with Gasteiger partial charge >= 0.3 is 0 Å². The molecular weight excluding hydrogens is 254 g/mol. The van der Waals surface area contributed by atoms with Crippen LogP contribution in [0.5, 0.6) is 0 Å². The molecule has 0 N–H and O–H groups in total. The fourth-order valence-corrected chi connectivity index (χ4v) is 3.04. The van der Waals surface area contributed by atoms with Crippen molar-refractivity contribution in [3.05, 3.63) is 0 Å². The zero-order valence-corrected chi connectivity index (χ0v) is 13.1. The monoisotopic (exact) mass is 281 g/mol. The fraction of sp³-hybridized carbons (Fsp3) is 0.875. The van der Waals surface area contributed by atoms with Crippen molar-refractivity contribution in [2.75, 3.05) is 0 Å². The summed E-state index contributed by atoms with van der Waals surface area (Å²) in [6.07, 6.45) is 14.7. The van der Waals surface area contributed by atoms with Crippen molar-refractivity contribution in [2.45, 2.75) is 84.0 Å². The molecule has 1 rings (SSSR count). The number of carbonyl (C=O) groups excluding carboxylic acids is 1. The lowest BCUT2D eigenvalue weighted by Gasteiger charge is -2.25. The van der Waals surface area contributed by atoms with Crippen LogP contribution in [-0.4, -0.2) is 11.1 Å². The van der Waals surface area contributed by atoms with Crippen LogP contribution in [0.15, 0.2) is 4.99 Å². The molecule has 108 valence electrons. The molecule has 1 amide bonds. The molecule has 0 aliphatic heterocycles. The normalized spacial score (nSPS) is 22.2. The van der Waals surface area contributed by atoms with E-state index in [2.05, 4.69) is 29.3 Å². The Morgan fingerprint density at radius 3 is 1.63 bits per heavy atom. The molecule has 0 atom stereocenters. The van der Waals surface area contributed by atoms with E-state index in [1.165, 1.54) is 51.4 Å². The maximum atomic E-state index is 12.1. The van der Waals surface area contributed by atoms with Gasteiger partial charge in [-0.2, -0.15) is 4.99 Å². The highest BCUT2D eigenvalue weighted by atomic mass is 32.1. The van der Waals surface area contributed by atoms with Crippen molar-refractivity contribution in [1.29, 1.82) is 0 Å². The molecule has 1 fully saturated rings. The van der Waals surface area contributed by atoms with Gasteiger partial charge in [0.25, 0.3) is 5.91 Å². The Hall–Kier alpha value is -0.530. The summed E-state index contributed by atoms with van der Waals surface area (Å²) in [5.41, 5.74) is -0.306. The van der Waals surface area contributed by atoms with Crippen LogP contribution >= 0.6 is 12.2 Å². The third-order valence-electron chi connectivity index (χ3n) is 4.37. The number of amides is 1. The van der Waals surface area contributed by atoms with E-state index in [4.69, 9.17) is 0 Å². The molecule has 0 spiro atoms. The molecule has 1 saturated carbocycles. The van der Waals surface area contributed by atoms with E-state index in [0.717, 1.165) is 25.7 Å². The predicted molar refractivity (Wildman–Crippen MR) is 83.5 cm³/mol. The van der Waals surface area contributed by atoms with Gasteiger partial charge in [-0.05, 0) is 25.1 Å². The molecule has 1 aliphatic rings. The lowest BCUT2D eigenvalue weighted by Crippen LogP contribution is -2.26. The van der Waals surface area contributed by atoms with Crippen LogP contribution in [0.2, 0.25) is 0 Å². The second-order valence-corrected chi connectivity index (χ2v) is 6.29. The van der Waals surface area contributed by atoms with Gasteiger partial charge in [-0.3, -0.25) is 4.79 Å². The Balaban J connectivity index is 2.58. The van der Waals surface area contributed by atoms with Gasteiger partial charge in [0.2, 0.25) is 0 Å². The molecule has 0 bridgehead atoms. The Morgan fingerprint density at radius 1 is 0.895 bits per heavy atom. The quantitative estimate of drug-likeness (QED) is 0.481. The summed E-state index contributed by atoms with van der Waals surface area (Å²) in [4.78, 5) is 15.8. The Morgan fingerprint density at radius 2 is 1.26 bits per heavy atom. The first-order valence-corrected chi connectivity index (χ1v) is 8.22. The van der Waals surface area contributed by atoms with Crippen LogP contribution in [0.4, 0.5) is 0 Å². The highest BCUT2D eigenvalue weighted by Crippen LogP contribution is 2.33. The number of rotatable bonds is 1. The topological polar surface area (TPSA) is 29.4 Å². The van der Waals surface area contributed by atoms with E-state index in [1.807, 2.05) is 0 Å². The van der Waals surface area contributed by atoms with Crippen LogP contribution in [0, 0.1) is 5.41 Å². The van der Waals surface area contributed by atoms with Crippen LogP contribution in [0.3, 0.4) is 0 Å². The highest BCUT2D eigenvalue weighted by molar-refractivity contribution is 7.78. The summed E-state index contributed by atoms with van der Waals surface area (Å²) in [6, 6.07) is 0. The first-order valence-electron chi connectivity index (χ1n) is 7.81. The van der Waals surface area contributed by atoms with E-state index in [-0.39, 0.29) is 11.3 Å². The molecule has 0 aromatic rings. The van der Waals surface area contributed by atoms with Gasteiger partial charge in [0.1, 0.15) is 0 Å². The molecule has 2 nitrogen and oxygen atoms in total. The zero-order chi connectivity index (χ0) is 14.0. The van der Waals surface area contributed by atoms with Crippen LogP contribution in [0.25, 0.3) is 0 Å². The SMILES string of the molecule is CC1(C(=O)N=C=S)CCCCCCCCCCCC1. The van der Waals surface area contributed by atoms with Gasteiger partial charge in [-0.25, -0.2) is 0 Å². The standard InChI is InChI=1S/C16H27NOS/c1-16(15(18)17-14-19)12-10-8-6-4-2-3-5-7-9-11-13-16/h2-13H2,1H3. The summed E-state index contributed by atoms with van der Waals surface area (Å²) in [6.45, 7) is 2.06. The summed E-state index contributed by atoms with van der Waals surface area (Å²) in [5, 5.41) is 2.25. The number of hydrogen-bond acceptors (Lipinski definition) is 2. The first-order chi connectivity index (χ1) is 9.19. The second kappa shape index (κ2) is 9.39. The van der Waals surface area contributed by atoms with Gasteiger partial charge in [0.05, 0.1) is 5.16 Å². The highest BCUT2D eigenvalue weighted by Gasteiger charge is 2.31. The minimum absolute atomic E-state index is 0.0580. The summed E-state index contributed by atoms with van der Waals surface area (Å²) in [7, 11) is 0. The van der Waals surface area contributed by atoms with E-state index < -0.39 is 0 Å². The number of nitrogens with zero attached hydrogens (tertiary/aromatic N) is 1. The summed E-state index contributed by atoms with van der Waals surface area (Å²) < 4.78 is 0. The van der Waals surface area contributed by atoms with E-state index in [1.54, 1.807) is 0 Å². The zero-order valence-electron chi connectivity index (χ0n) is 12.2. The summed E-state index contributed by atoms with van der Waals surface area (Å²) >= 11 is 4.58. The summed E-state index contributed by atoms with van der Waals surface area (Å²) in [5.74, 6) is -0.0580. The van der Waals surface area contributed by atoms with Crippen LogP contribution in [-0.2, 0) is 4.79 Å². The second-order valence-electron chi connectivity index (χ2n) is 6.10. The van der Waals surface area contributed by atoms with Gasteiger partial charge in [0.15, 0.2) is 0 Å². The third-order valence-corrected chi connectivity index (χ3v) is 4.46. The largest absolute Gasteiger partial charge is 0.271 e. The van der Waals surface area contributed by atoms with E-state index in [0.29, 0.717) is 0 Å². The smallest absolute Gasteiger partial charge is 0.260 e. The molecule has 0 aromatic carbocycles. The van der Waals surface area contributed by atoms with Crippen molar-refractivity contribution in [3.8, 4) is 0 Å². The van der Waals surface area contributed by atoms with Gasteiger partial charge < -0.3 is 0 Å². The molecule has 0 radical (unpaired) electrons. The van der Waals surface area contributed by atoms with E-state index in [9.17, 15) is 4.79 Å². The number of hydrogen-bond donors (Lipinski definition) is 0. The molecule has 0 aromatic heterocycles. The number of isothiocyanates is 1. The molecule has 0 saturated heterocycles. The van der Waals surface area contributed by atoms with Crippen molar-refractivity contribution in [1.82, 2.24) is 0 Å². The maximum Gasteiger partial charge on any atom is 0.260 e. The minimum atomic E-state index is -0.306. The third kappa shape index (κ3) is 6.44. The number of thiocarbonyl (C=S) groups is 1. The Bertz CT molecular complexity index is 307. The maximum absolute atomic E-state index is 12.1. The Labute approximate surface area is 123 Å². The van der Waals surface area contributed by atoms with Crippen LogP contribution in [0.1, 0.15) is 84.0 Å². The average Bonchev–Trinajstić information content (AvgIpc) is 2.41. The minimum Gasteiger partial charge on any atom is -0.271 e. The van der Waals surface area contributed by atoms with Crippen molar-refractivity contribution >= 4 is 23.3 Å². The van der Waals surface area contributed by atoms with Gasteiger partial charge in [-0.15, -0.1) is 0 Å². The van der Waals surface area contributed by atoms with Crippen molar-refractivity contribution < 1.29 is 4.79 Å². The van der Waals surface area contributed by atoms with Crippen LogP contribution < -0.4 is 0 Å². The Kier molecular flexibility index (Phi) is 8.16. The lowest BCUT2D eigenvalue weighted by molar-refractivity contribution is -0.127. The molecule has 0 heterocycles. The van der Waals surface area contributed by atoms with Gasteiger partial charge in [0, 0.05) is 5.41 Å². The predicted octanol–water partition coefficient (Wildman–Crippen LogP) is 5.32. The van der Waals surface area contributed by atoms with Crippen molar-refractivity contribution in [2.24, 2.45) is 10.4 Å². The molecule has 0 unspecified atom stereocenters. The van der Waals surface area contributed by atoms with Gasteiger partial charge in [-0.1, -0.05) is 71.1 Å². The van der Waals surface area contributed by atoms with E-state index >= 15 is 0 Å². The number of carbonyl (C=O) groups is 1. The molecule has 19 heavy (non-hydrogen) atoms. The molecule has 3 heteroatoms. The average molecular weight is 281 g/mol. The lowest BCUT2D eigenvalue weighted by atomic mass is 9.79. The molecule has 1 aliphatic carbocycles. The fourth-order valence-electron chi connectivity index (χ4n) is 2.96.